The molecule has 1 aliphatic carbocycles. The maximum Gasteiger partial charge on any atom is 0.407 e. The van der Waals surface area contributed by atoms with Crippen LogP contribution in [-0.2, 0) is 14.3 Å². The van der Waals surface area contributed by atoms with Crippen LogP contribution in [0.1, 0.15) is 37.3 Å². The maximum absolute atomic E-state index is 13.5. The molecule has 188 valence electrons. The molecule has 2 unspecified atom stereocenters. The number of fused-ring (bicyclic) bond motifs is 3. The standard InChI is InChI=1S/C25H27F3N2O5/c1-3-24(2,22(32)33)14-30-21(31)20(25(26,27)28)12-29-23(34)35-13-19-17-10-6-4-8-15(17)16-9-5-7-11-18(16)19/h4-11,19-20H,3,12-14H2,1-2H3,(H,29,34)(H,30,31)(H,32,33). The van der Waals surface area contributed by atoms with Crippen LogP contribution in [0.15, 0.2) is 48.5 Å². The van der Waals surface area contributed by atoms with Crippen molar-refractivity contribution in [2.45, 2.75) is 32.4 Å². The number of halogens is 3. The Kier molecular flexibility index (Phi) is 7.72. The van der Waals surface area contributed by atoms with Crippen LogP contribution in [0.3, 0.4) is 0 Å². The first-order chi connectivity index (χ1) is 16.5. The molecule has 35 heavy (non-hydrogen) atoms. The molecule has 10 heteroatoms. The number of hydrogen-bond acceptors (Lipinski definition) is 4. The molecule has 1 aliphatic rings. The van der Waals surface area contributed by atoms with Crippen LogP contribution in [0.5, 0.6) is 0 Å². The summed E-state index contributed by atoms with van der Waals surface area (Å²) in [6.45, 7) is 1.28. The fourth-order valence-corrected chi connectivity index (χ4v) is 3.95. The molecule has 2 amide bonds. The number of carboxylic acids is 1. The van der Waals surface area contributed by atoms with Crippen molar-refractivity contribution in [3.63, 3.8) is 0 Å². The Morgan fingerprint density at radius 3 is 2.03 bits per heavy atom. The summed E-state index contributed by atoms with van der Waals surface area (Å²) in [6.07, 6.45) is -5.93. The van der Waals surface area contributed by atoms with Crippen molar-refractivity contribution in [2.24, 2.45) is 11.3 Å². The van der Waals surface area contributed by atoms with Crippen LogP contribution >= 0.6 is 0 Å². The Hall–Kier alpha value is -3.56. The van der Waals surface area contributed by atoms with Crippen molar-refractivity contribution >= 4 is 18.0 Å². The van der Waals surface area contributed by atoms with E-state index in [0.29, 0.717) is 0 Å². The zero-order chi connectivity index (χ0) is 25.8. The van der Waals surface area contributed by atoms with Crippen LogP contribution in [0.4, 0.5) is 18.0 Å². The van der Waals surface area contributed by atoms with Crippen molar-refractivity contribution in [1.29, 1.82) is 0 Å². The molecule has 0 saturated carbocycles. The number of ether oxygens (including phenoxy) is 1. The highest BCUT2D eigenvalue weighted by molar-refractivity contribution is 5.82. The molecule has 0 aromatic heterocycles. The number of alkyl halides is 3. The summed E-state index contributed by atoms with van der Waals surface area (Å²) in [6, 6.07) is 15.2. The van der Waals surface area contributed by atoms with E-state index >= 15 is 0 Å². The lowest BCUT2D eigenvalue weighted by molar-refractivity contribution is -0.181. The van der Waals surface area contributed by atoms with Gasteiger partial charge in [0.2, 0.25) is 5.91 Å². The van der Waals surface area contributed by atoms with Gasteiger partial charge in [0.05, 0.1) is 5.41 Å². The fraction of sp³-hybridized carbons (Fsp3) is 0.400. The predicted molar refractivity (Wildman–Crippen MR) is 122 cm³/mol. The number of carbonyl (C=O) groups is 3. The number of aliphatic carboxylic acids is 1. The SMILES string of the molecule is CCC(C)(CNC(=O)C(CNC(=O)OCC1c2ccccc2-c2ccccc21)C(F)(F)F)C(=O)O. The molecule has 0 bridgehead atoms. The first-order valence-electron chi connectivity index (χ1n) is 11.1. The normalized spacial score (nSPS) is 15.3. The predicted octanol–water partition coefficient (Wildman–Crippen LogP) is 4.32. The van der Waals surface area contributed by atoms with Gasteiger partial charge in [0, 0.05) is 19.0 Å². The first-order valence-corrected chi connectivity index (χ1v) is 11.1. The second-order valence-electron chi connectivity index (χ2n) is 8.74. The topological polar surface area (TPSA) is 105 Å². The number of benzene rings is 2. The lowest BCUT2D eigenvalue weighted by atomic mass is 9.87. The van der Waals surface area contributed by atoms with Gasteiger partial charge in [-0.2, -0.15) is 13.2 Å². The van der Waals surface area contributed by atoms with Crippen molar-refractivity contribution in [2.75, 3.05) is 19.7 Å². The smallest absolute Gasteiger partial charge is 0.407 e. The number of alkyl carbamates (subject to hydrolysis) is 1. The van der Waals surface area contributed by atoms with Crippen LogP contribution < -0.4 is 10.6 Å². The van der Waals surface area contributed by atoms with Crippen molar-refractivity contribution in [1.82, 2.24) is 10.6 Å². The Balaban J connectivity index is 1.60. The number of carboxylic acid groups (broad SMARTS) is 1. The average Bonchev–Trinajstić information content (AvgIpc) is 3.14. The average molecular weight is 492 g/mol. The zero-order valence-corrected chi connectivity index (χ0v) is 19.3. The van der Waals surface area contributed by atoms with Gasteiger partial charge in [-0.25, -0.2) is 4.79 Å². The highest BCUT2D eigenvalue weighted by Gasteiger charge is 2.46. The van der Waals surface area contributed by atoms with Crippen LogP contribution in [0.2, 0.25) is 0 Å². The molecule has 0 aliphatic heterocycles. The number of rotatable bonds is 9. The van der Waals surface area contributed by atoms with Gasteiger partial charge in [-0.3, -0.25) is 9.59 Å². The molecule has 2 aromatic rings. The summed E-state index contributed by atoms with van der Waals surface area (Å²) in [5, 5.41) is 13.3. The number of amides is 2. The maximum atomic E-state index is 13.5. The van der Waals surface area contributed by atoms with Crippen molar-refractivity contribution in [3.8, 4) is 11.1 Å². The molecule has 0 radical (unpaired) electrons. The van der Waals surface area contributed by atoms with Crippen LogP contribution in [0.25, 0.3) is 11.1 Å². The second-order valence-corrected chi connectivity index (χ2v) is 8.74. The molecule has 2 aromatic carbocycles. The summed E-state index contributed by atoms with van der Waals surface area (Å²) in [5.41, 5.74) is 2.50. The molecule has 2 atom stereocenters. The van der Waals surface area contributed by atoms with Gasteiger partial charge in [-0.05, 0) is 35.6 Å². The quantitative estimate of drug-likeness (QED) is 0.484. The van der Waals surface area contributed by atoms with Gasteiger partial charge in [-0.15, -0.1) is 0 Å². The van der Waals surface area contributed by atoms with Gasteiger partial charge in [0.25, 0.3) is 0 Å². The minimum atomic E-state index is -4.95. The van der Waals surface area contributed by atoms with Crippen LogP contribution in [0, 0.1) is 11.3 Å². The van der Waals surface area contributed by atoms with Gasteiger partial charge >= 0.3 is 18.2 Å². The molecule has 3 rings (SSSR count). The summed E-state index contributed by atoms with van der Waals surface area (Å²) in [7, 11) is 0. The van der Waals surface area contributed by atoms with Gasteiger partial charge in [0.1, 0.15) is 6.61 Å². The third kappa shape index (κ3) is 5.75. The van der Waals surface area contributed by atoms with Crippen molar-refractivity contribution < 1.29 is 37.4 Å². The molecule has 3 N–H and O–H groups in total. The molecule has 0 saturated heterocycles. The van der Waals surface area contributed by atoms with E-state index in [1.165, 1.54) is 6.92 Å². The summed E-state index contributed by atoms with van der Waals surface area (Å²) in [4.78, 5) is 35.8. The van der Waals surface area contributed by atoms with E-state index in [4.69, 9.17) is 4.74 Å². The third-order valence-corrected chi connectivity index (χ3v) is 6.46. The zero-order valence-electron chi connectivity index (χ0n) is 19.3. The lowest BCUT2D eigenvalue weighted by Crippen LogP contribution is -2.49. The van der Waals surface area contributed by atoms with E-state index in [1.54, 1.807) is 6.92 Å². The minimum Gasteiger partial charge on any atom is -0.481 e. The van der Waals surface area contributed by atoms with E-state index in [-0.39, 0.29) is 18.9 Å². The van der Waals surface area contributed by atoms with Gasteiger partial charge < -0.3 is 20.5 Å². The monoisotopic (exact) mass is 492 g/mol. The highest BCUT2D eigenvalue weighted by atomic mass is 19.4. The highest BCUT2D eigenvalue weighted by Crippen LogP contribution is 2.44. The molecule has 0 fully saturated rings. The van der Waals surface area contributed by atoms with Gasteiger partial charge in [0.15, 0.2) is 5.92 Å². The van der Waals surface area contributed by atoms with Crippen molar-refractivity contribution in [3.05, 3.63) is 59.7 Å². The summed E-state index contributed by atoms with van der Waals surface area (Å²) < 4.78 is 45.6. The molecule has 7 nitrogen and oxygen atoms in total. The number of carbonyl (C=O) groups excluding carboxylic acids is 2. The lowest BCUT2D eigenvalue weighted by Gasteiger charge is -2.26. The number of nitrogens with one attached hydrogen (secondary N) is 2. The summed E-state index contributed by atoms with van der Waals surface area (Å²) >= 11 is 0. The fourth-order valence-electron chi connectivity index (χ4n) is 3.95. The van der Waals surface area contributed by atoms with E-state index in [1.807, 2.05) is 53.8 Å². The first kappa shape index (κ1) is 26.1. The molecule has 0 heterocycles. The van der Waals surface area contributed by atoms with E-state index in [0.717, 1.165) is 22.3 Å². The second kappa shape index (κ2) is 10.4. The largest absolute Gasteiger partial charge is 0.481 e. The van der Waals surface area contributed by atoms with E-state index < -0.39 is 48.6 Å². The Morgan fingerprint density at radius 2 is 1.54 bits per heavy atom. The summed E-state index contributed by atoms with van der Waals surface area (Å²) in [5.74, 6) is -5.48. The van der Waals surface area contributed by atoms with E-state index in [9.17, 15) is 32.7 Å². The number of hydrogen-bond donors (Lipinski definition) is 3. The molecular formula is C25H27F3N2O5. The Labute approximate surface area is 200 Å². The Morgan fingerprint density at radius 1 is 1.00 bits per heavy atom. The van der Waals surface area contributed by atoms with Gasteiger partial charge in [-0.1, -0.05) is 55.5 Å². The minimum absolute atomic E-state index is 0.0871. The Bertz CT molecular complexity index is 1060. The van der Waals surface area contributed by atoms with E-state index in [2.05, 4.69) is 5.32 Å². The third-order valence-electron chi connectivity index (χ3n) is 6.46. The molecule has 0 spiro atoms. The van der Waals surface area contributed by atoms with Crippen LogP contribution in [-0.4, -0.2) is 48.9 Å². The molecular weight excluding hydrogens is 465 g/mol.